The standard InChI is InChI=1S/C27H26ClN3O3/c28-21-10-8-19(9-11-21)25(32)23-6-1-2-7-24(23)27(34)30-22-5-3-4-18(16-22)17-31-14-12-20(13-15-31)26(29)33/h1-11,16,20H,12-15,17H2,(H2,29,33)(H,30,34). The number of hydrogen-bond donors (Lipinski definition) is 2. The minimum atomic E-state index is -0.350. The van der Waals surface area contributed by atoms with Gasteiger partial charge in [-0.2, -0.15) is 0 Å². The number of carbonyl (C=O) groups excluding carboxylic acids is 3. The number of carbonyl (C=O) groups is 3. The molecule has 3 aromatic carbocycles. The Bertz CT molecular complexity index is 1200. The van der Waals surface area contributed by atoms with E-state index in [1.54, 1.807) is 48.5 Å². The molecule has 1 saturated heterocycles. The summed E-state index contributed by atoms with van der Waals surface area (Å²) in [5.41, 5.74) is 8.24. The molecule has 0 aliphatic carbocycles. The van der Waals surface area contributed by atoms with Crippen molar-refractivity contribution in [2.45, 2.75) is 19.4 Å². The first kappa shape index (κ1) is 23.7. The summed E-state index contributed by atoms with van der Waals surface area (Å²) < 4.78 is 0. The average molecular weight is 476 g/mol. The van der Waals surface area contributed by atoms with Crippen LogP contribution in [0.25, 0.3) is 0 Å². The second kappa shape index (κ2) is 10.6. The number of amides is 2. The molecule has 0 atom stereocenters. The Labute approximate surface area is 203 Å². The number of primary amides is 1. The molecule has 1 heterocycles. The number of benzene rings is 3. The van der Waals surface area contributed by atoms with E-state index >= 15 is 0 Å². The van der Waals surface area contributed by atoms with E-state index in [0.717, 1.165) is 38.0 Å². The van der Waals surface area contributed by atoms with Crippen LogP contribution < -0.4 is 11.1 Å². The van der Waals surface area contributed by atoms with E-state index in [9.17, 15) is 14.4 Å². The third-order valence-electron chi connectivity index (χ3n) is 6.10. The summed E-state index contributed by atoms with van der Waals surface area (Å²) in [5.74, 6) is -0.857. The SMILES string of the molecule is NC(=O)C1CCN(Cc2cccc(NC(=O)c3ccccc3C(=O)c3ccc(Cl)cc3)c2)CC1. The normalized spacial score (nSPS) is 14.5. The second-order valence-electron chi connectivity index (χ2n) is 8.49. The first-order chi connectivity index (χ1) is 16.4. The van der Waals surface area contributed by atoms with Crippen LogP contribution in [0, 0.1) is 5.92 Å². The van der Waals surface area contributed by atoms with Crippen LogP contribution >= 0.6 is 11.6 Å². The molecule has 0 aromatic heterocycles. The summed E-state index contributed by atoms with van der Waals surface area (Å²) in [4.78, 5) is 39.8. The molecule has 0 saturated carbocycles. The van der Waals surface area contributed by atoms with E-state index in [0.29, 0.717) is 27.4 Å². The van der Waals surface area contributed by atoms with Gasteiger partial charge in [0.05, 0.1) is 5.56 Å². The molecule has 4 rings (SSSR count). The fraction of sp³-hybridized carbons (Fsp3) is 0.222. The average Bonchev–Trinajstić information content (AvgIpc) is 2.84. The predicted octanol–water partition coefficient (Wildman–Crippen LogP) is 4.52. The Balaban J connectivity index is 1.45. The van der Waals surface area contributed by atoms with Gasteiger partial charge in [0, 0.05) is 34.3 Å². The summed E-state index contributed by atoms with van der Waals surface area (Å²) in [6.45, 7) is 2.34. The highest BCUT2D eigenvalue weighted by molar-refractivity contribution is 6.30. The van der Waals surface area contributed by atoms with Gasteiger partial charge < -0.3 is 11.1 Å². The van der Waals surface area contributed by atoms with Gasteiger partial charge >= 0.3 is 0 Å². The van der Waals surface area contributed by atoms with Gasteiger partial charge in [0.1, 0.15) is 0 Å². The molecule has 0 spiro atoms. The number of rotatable bonds is 7. The molecule has 174 valence electrons. The zero-order valence-electron chi connectivity index (χ0n) is 18.7. The summed E-state index contributed by atoms with van der Waals surface area (Å²) in [7, 11) is 0. The number of piperidine rings is 1. The molecule has 6 nitrogen and oxygen atoms in total. The van der Waals surface area contributed by atoms with Crippen molar-refractivity contribution in [2.24, 2.45) is 11.7 Å². The Hall–Kier alpha value is -3.48. The Kier molecular flexibility index (Phi) is 7.40. The van der Waals surface area contributed by atoms with Crippen molar-refractivity contribution in [1.82, 2.24) is 4.90 Å². The van der Waals surface area contributed by atoms with E-state index in [1.165, 1.54) is 0 Å². The van der Waals surface area contributed by atoms with Crippen LogP contribution in [0.3, 0.4) is 0 Å². The third kappa shape index (κ3) is 5.71. The third-order valence-corrected chi connectivity index (χ3v) is 6.36. The van der Waals surface area contributed by atoms with Gasteiger partial charge in [-0.3, -0.25) is 19.3 Å². The predicted molar refractivity (Wildman–Crippen MR) is 133 cm³/mol. The maximum absolute atomic E-state index is 13.1. The van der Waals surface area contributed by atoms with E-state index in [2.05, 4.69) is 10.2 Å². The zero-order valence-corrected chi connectivity index (χ0v) is 19.4. The number of ketones is 1. The first-order valence-corrected chi connectivity index (χ1v) is 11.6. The van der Waals surface area contributed by atoms with Crippen LogP contribution in [0.15, 0.2) is 72.8 Å². The lowest BCUT2D eigenvalue weighted by Gasteiger charge is -2.30. The van der Waals surface area contributed by atoms with Crippen LogP contribution in [-0.2, 0) is 11.3 Å². The number of likely N-dealkylation sites (tertiary alicyclic amines) is 1. The number of nitrogens with one attached hydrogen (secondary N) is 1. The highest BCUT2D eigenvalue weighted by Gasteiger charge is 2.23. The highest BCUT2D eigenvalue weighted by Crippen LogP contribution is 2.22. The maximum atomic E-state index is 13.1. The van der Waals surface area contributed by atoms with E-state index in [-0.39, 0.29) is 23.5 Å². The molecule has 1 aliphatic heterocycles. The van der Waals surface area contributed by atoms with Gasteiger partial charge in [-0.25, -0.2) is 0 Å². The number of nitrogens with two attached hydrogens (primary N) is 1. The van der Waals surface area contributed by atoms with Crippen LogP contribution in [0.2, 0.25) is 5.02 Å². The fourth-order valence-electron chi connectivity index (χ4n) is 4.22. The quantitative estimate of drug-likeness (QED) is 0.491. The molecule has 2 amide bonds. The Morgan fingerprint density at radius 3 is 2.26 bits per heavy atom. The van der Waals surface area contributed by atoms with Crippen molar-refractivity contribution in [3.05, 3.63) is 100 Å². The monoisotopic (exact) mass is 475 g/mol. The molecule has 0 bridgehead atoms. The maximum Gasteiger partial charge on any atom is 0.256 e. The number of anilines is 1. The molecule has 0 radical (unpaired) electrons. The highest BCUT2D eigenvalue weighted by atomic mass is 35.5. The van der Waals surface area contributed by atoms with Crippen molar-refractivity contribution in [3.63, 3.8) is 0 Å². The largest absolute Gasteiger partial charge is 0.369 e. The van der Waals surface area contributed by atoms with Crippen LogP contribution in [-0.4, -0.2) is 35.6 Å². The van der Waals surface area contributed by atoms with Crippen LogP contribution in [0.4, 0.5) is 5.69 Å². The molecule has 0 unspecified atom stereocenters. The summed E-state index contributed by atoms with van der Waals surface area (Å²) in [6, 6.07) is 21.0. The molecule has 1 fully saturated rings. The zero-order chi connectivity index (χ0) is 24.1. The van der Waals surface area contributed by atoms with Gasteiger partial charge in [0.2, 0.25) is 5.91 Å². The second-order valence-corrected chi connectivity index (χ2v) is 8.93. The molecule has 34 heavy (non-hydrogen) atoms. The lowest BCUT2D eigenvalue weighted by Crippen LogP contribution is -2.38. The van der Waals surface area contributed by atoms with Gasteiger partial charge in [0.25, 0.3) is 5.91 Å². The van der Waals surface area contributed by atoms with E-state index in [4.69, 9.17) is 17.3 Å². The van der Waals surface area contributed by atoms with E-state index < -0.39 is 0 Å². The number of nitrogens with zero attached hydrogens (tertiary/aromatic N) is 1. The van der Waals surface area contributed by atoms with Gasteiger partial charge in [-0.15, -0.1) is 0 Å². The summed E-state index contributed by atoms with van der Waals surface area (Å²) >= 11 is 5.93. The van der Waals surface area contributed by atoms with Crippen LogP contribution in [0.5, 0.6) is 0 Å². The minimum Gasteiger partial charge on any atom is -0.369 e. The Morgan fingerprint density at radius 1 is 0.912 bits per heavy atom. The fourth-order valence-corrected chi connectivity index (χ4v) is 4.34. The topological polar surface area (TPSA) is 92.5 Å². The van der Waals surface area contributed by atoms with Crippen molar-refractivity contribution in [1.29, 1.82) is 0 Å². The van der Waals surface area contributed by atoms with Gasteiger partial charge in [-0.1, -0.05) is 41.9 Å². The molecule has 1 aliphatic rings. The number of halogens is 1. The van der Waals surface area contributed by atoms with Crippen molar-refractivity contribution >= 4 is 34.9 Å². The smallest absolute Gasteiger partial charge is 0.256 e. The molecule has 3 N–H and O–H groups in total. The molecular weight excluding hydrogens is 450 g/mol. The minimum absolute atomic E-state index is 0.0440. The lowest BCUT2D eigenvalue weighted by atomic mass is 9.96. The van der Waals surface area contributed by atoms with Crippen LogP contribution in [0.1, 0.15) is 44.7 Å². The molecule has 7 heteroatoms. The van der Waals surface area contributed by atoms with Crippen molar-refractivity contribution in [2.75, 3.05) is 18.4 Å². The van der Waals surface area contributed by atoms with E-state index in [1.807, 2.05) is 24.3 Å². The van der Waals surface area contributed by atoms with Crippen molar-refractivity contribution in [3.8, 4) is 0 Å². The molecular formula is C27H26ClN3O3. The van der Waals surface area contributed by atoms with Gasteiger partial charge in [-0.05, 0) is 74.0 Å². The summed E-state index contributed by atoms with van der Waals surface area (Å²) in [5, 5.41) is 3.46. The molecule has 3 aromatic rings. The van der Waals surface area contributed by atoms with Gasteiger partial charge in [0.15, 0.2) is 5.78 Å². The first-order valence-electron chi connectivity index (χ1n) is 11.2. The summed E-state index contributed by atoms with van der Waals surface area (Å²) in [6.07, 6.45) is 1.54. The van der Waals surface area contributed by atoms with Crippen molar-refractivity contribution < 1.29 is 14.4 Å². The Morgan fingerprint density at radius 2 is 1.59 bits per heavy atom. The number of hydrogen-bond acceptors (Lipinski definition) is 4. The lowest BCUT2D eigenvalue weighted by molar-refractivity contribution is -0.123.